The summed E-state index contributed by atoms with van der Waals surface area (Å²) in [6.45, 7) is 4.04. The summed E-state index contributed by atoms with van der Waals surface area (Å²) in [4.78, 5) is 0. The van der Waals surface area contributed by atoms with Crippen LogP contribution in [0.4, 0.5) is 4.39 Å². The molecule has 2 N–H and O–H groups in total. The zero-order valence-electron chi connectivity index (χ0n) is 9.30. The van der Waals surface area contributed by atoms with E-state index in [1.165, 1.54) is 6.07 Å². The molecule has 0 saturated heterocycles. The van der Waals surface area contributed by atoms with Crippen molar-refractivity contribution < 1.29 is 9.13 Å². The number of hydrogen-bond donors (Lipinski definition) is 1. The van der Waals surface area contributed by atoms with Crippen molar-refractivity contribution in [3.05, 3.63) is 28.5 Å². The summed E-state index contributed by atoms with van der Waals surface area (Å²) in [7, 11) is 0. The van der Waals surface area contributed by atoms with Gasteiger partial charge in [-0.3, -0.25) is 0 Å². The number of halogens is 3. The minimum absolute atomic E-state index is 0. The van der Waals surface area contributed by atoms with Gasteiger partial charge in [0.1, 0.15) is 0 Å². The summed E-state index contributed by atoms with van der Waals surface area (Å²) >= 11 is 5.89. The Kier molecular flexibility index (Phi) is 6.72. The summed E-state index contributed by atoms with van der Waals surface area (Å²) in [5, 5.41) is 0.299. The Hall–Kier alpha value is -0.510. The Morgan fingerprint density at radius 1 is 1.50 bits per heavy atom. The van der Waals surface area contributed by atoms with Crippen LogP contribution in [0.25, 0.3) is 0 Å². The largest absolute Gasteiger partial charge is 0.489 e. The van der Waals surface area contributed by atoms with Crippen LogP contribution in [0.2, 0.25) is 5.02 Å². The van der Waals surface area contributed by atoms with Crippen molar-refractivity contribution in [1.82, 2.24) is 0 Å². The summed E-state index contributed by atoms with van der Waals surface area (Å²) in [5.74, 6) is -0.312. The predicted octanol–water partition coefficient (Wildman–Crippen LogP) is 3.19. The number of nitrogens with two attached hydrogens (primary N) is 1. The lowest BCUT2D eigenvalue weighted by molar-refractivity contribution is 0.321. The maximum atomic E-state index is 13.5. The van der Waals surface area contributed by atoms with Crippen molar-refractivity contribution >= 4 is 24.0 Å². The van der Waals surface area contributed by atoms with E-state index >= 15 is 0 Å². The van der Waals surface area contributed by atoms with E-state index in [1.54, 1.807) is 13.0 Å². The van der Waals surface area contributed by atoms with E-state index in [2.05, 4.69) is 0 Å². The highest BCUT2D eigenvalue weighted by atomic mass is 35.5. The molecule has 0 saturated carbocycles. The molecular formula is C11H16Cl2FNO. The smallest absolute Gasteiger partial charge is 0.173 e. The van der Waals surface area contributed by atoms with Crippen LogP contribution in [0.15, 0.2) is 12.1 Å². The Bertz CT molecular complexity index is 322. The van der Waals surface area contributed by atoms with Crippen LogP contribution in [-0.4, -0.2) is 12.6 Å². The molecule has 0 fully saturated rings. The molecule has 1 aromatic rings. The molecule has 0 amide bonds. The molecule has 5 heteroatoms. The molecule has 1 unspecified atom stereocenters. The van der Waals surface area contributed by atoms with Crippen LogP contribution in [-0.2, 0) is 6.42 Å². The molecule has 0 bridgehead atoms. The maximum Gasteiger partial charge on any atom is 0.173 e. The van der Waals surface area contributed by atoms with Gasteiger partial charge in [0.15, 0.2) is 11.6 Å². The predicted molar refractivity (Wildman–Crippen MR) is 67.2 cm³/mol. The zero-order chi connectivity index (χ0) is 11.4. The van der Waals surface area contributed by atoms with Crippen molar-refractivity contribution in [2.24, 2.45) is 5.73 Å². The summed E-state index contributed by atoms with van der Waals surface area (Å²) in [5.41, 5.74) is 6.41. The van der Waals surface area contributed by atoms with Gasteiger partial charge < -0.3 is 10.5 Å². The van der Waals surface area contributed by atoms with Gasteiger partial charge in [-0.25, -0.2) is 4.39 Å². The van der Waals surface area contributed by atoms with Crippen molar-refractivity contribution in [3.8, 4) is 5.75 Å². The van der Waals surface area contributed by atoms with Gasteiger partial charge in [0.05, 0.1) is 11.6 Å². The molecule has 1 rings (SSSR count). The highest BCUT2D eigenvalue weighted by Gasteiger charge is 2.11. The first-order chi connectivity index (χ1) is 7.04. The lowest BCUT2D eigenvalue weighted by Gasteiger charge is -2.10. The van der Waals surface area contributed by atoms with Crippen LogP contribution in [0.3, 0.4) is 0 Å². The fourth-order valence-electron chi connectivity index (χ4n) is 1.38. The van der Waals surface area contributed by atoms with Gasteiger partial charge >= 0.3 is 0 Å². The topological polar surface area (TPSA) is 35.2 Å². The van der Waals surface area contributed by atoms with E-state index in [9.17, 15) is 4.39 Å². The van der Waals surface area contributed by atoms with Crippen molar-refractivity contribution in [3.63, 3.8) is 0 Å². The molecular weight excluding hydrogens is 252 g/mol. The average Bonchev–Trinajstić information content (AvgIpc) is 2.10. The third-order valence-corrected chi connectivity index (χ3v) is 2.19. The van der Waals surface area contributed by atoms with Gasteiger partial charge in [-0.05, 0) is 38.0 Å². The summed E-state index contributed by atoms with van der Waals surface area (Å²) < 4.78 is 18.6. The number of hydrogen-bond acceptors (Lipinski definition) is 2. The molecule has 0 heterocycles. The minimum atomic E-state index is -0.431. The van der Waals surface area contributed by atoms with E-state index in [4.69, 9.17) is 22.1 Å². The molecule has 2 nitrogen and oxygen atoms in total. The van der Waals surface area contributed by atoms with Gasteiger partial charge in [-0.1, -0.05) is 11.6 Å². The Balaban J connectivity index is 0.00000225. The second-order valence-corrected chi connectivity index (χ2v) is 3.91. The van der Waals surface area contributed by atoms with Gasteiger partial charge in [-0.15, -0.1) is 12.4 Å². The molecule has 0 aromatic heterocycles. The second kappa shape index (κ2) is 6.94. The summed E-state index contributed by atoms with van der Waals surface area (Å²) in [6, 6.07) is 3.09. The number of rotatable bonds is 4. The monoisotopic (exact) mass is 267 g/mol. The van der Waals surface area contributed by atoms with Crippen LogP contribution in [0, 0.1) is 5.82 Å². The van der Waals surface area contributed by atoms with Gasteiger partial charge in [-0.2, -0.15) is 0 Å². The summed E-state index contributed by atoms with van der Waals surface area (Å²) in [6.07, 6.45) is 0.600. The maximum absolute atomic E-state index is 13.5. The highest BCUT2D eigenvalue weighted by Crippen LogP contribution is 2.29. The normalized spacial score (nSPS) is 11.8. The number of benzene rings is 1. The first-order valence-corrected chi connectivity index (χ1v) is 5.28. The Morgan fingerprint density at radius 2 is 2.12 bits per heavy atom. The third kappa shape index (κ3) is 4.16. The van der Waals surface area contributed by atoms with Crippen molar-refractivity contribution in [1.29, 1.82) is 0 Å². The second-order valence-electron chi connectivity index (χ2n) is 3.50. The average molecular weight is 268 g/mol. The minimum Gasteiger partial charge on any atom is -0.489 e. The Morgan fingerprint density at radius 3 is 2.56 bits per heavy atom. The highest BCUT2D eigenvalue weighted by molar-refractivity contribution is 6.32. The Labute approximate surface area is 106 Å². The number of ether oxygens (including phenoxy) is 1. The molecule has 0 radical (unpaired) electrons. The quantitative estimate of drug-likeness (QED) is 0.910. The van der Waals surface area contributed by atoms with E-state index in [0.717, 1.165) is 5.56 Å². The lowest BCUT2D eigenvalue weighted by atomic mass is 10.1. The van der Waals surface area contributed by atoms with E-state index < -0.39 is 5.82 Å². The van der Waals surface area contributed by atoms with Crippen LogP contribution in [0.5, 0.6) is 5.75 Å². The first-order valence-electron chi connectivity index (χ1n) is 4.91. The fraction of sp³-hybridized carbons (Fsp3) is 0.455. The fourth-order valence-corrected chi connectivity index (χ4v) is 1.67. The zero-order valence-corrected chi connectivity index (χ0v) is 10.9. The molecule has 0 spiro atoms. The van der Waals surface area contributed by atoms with E-state index in [1.807, 2.05) is 6.92 Å². The third-order valence-electron chi connectivity index (χ3n) is 1.90. The van der Waals surface area contributed by atoms with Gasteiger partial charge in [0.2, 0.25) is 0 Å². The van der Waals surface area contributed by atoms with Gasteiger partial charge in [0, 0.05) is 6.04 Å². The first kappa shape index (κ1) is 15.5. The molecule has 92 valence electrons. The van der Waals surface area contributed by atoms with Crippen molar-refractivity contribution in [2.45, 2.75) is 26.3 Å². The standard InChI is InChI=1S/C11H15ClFNO.ClH/c1-3-15-11-9(12)5-8(4-7(2)14)6-10(11)13;/h5-7H,3-4,14H2,1-2H3;1H. The molecule has 16 heavy (non-hydrogen) atoms. The molecule has 0 aliphatic heterocycles. The molecule has 1 aromatic carbocycles. The SMILES string of the molecule is CCOc1c(F)cc(CC(C)N)cc1Cl.Cl. The molecule has 1 atom stereocenters. The van der Waals surface area contributed by atoms with Crippen LogP contribution in [0.1, 0.15) is 19.4 Å². The van der Waals surface area contributed by atoms with E-state index in [0.29, 0.717) is 18.1 Å². The molecule has 0 aliphatic carbocycles. The van der Waals surface area contributed by atoms with Crippen LogP contribution >= 0.6 is 24.0 Å². The van der Waals surface area contributed by atoms with E-state index in [-0.39, 0.29) is 24.2 Å². The van der Waals surface area contributed by atoms with Crippen molar-refractivity contribution in [2.75, 3.05) is 6.61 Å². The van der Waals surface area contributed by atoms with Gasteiger partial charge in [0.25, 0.3) is 0 Å². The molecule has 0 aliphatic rings. The van der Waals surface area contributed by atoms with Crippen LogP contribution < -0.4 is 10.5 Å². The lowest BCUT2D eigenvalue weighted by Crippen LogP contribution is -2.17.